The normalized spacial score (nSPS) is 17.6. The summed E-state index contributed by atoms with van der Waals surface area (Å²) in [6.45, 7) is 38.9. The van der Waals surface area contributed by atoms with E-state index in [1.807, 2.05) is 36.4 Å². The topological polar surface area (TPSA) is 496 Å². The summed E-state index contributed by atoms with van der Waals surface area (Å²) in [5.41, 5.74) is 28.7. The molecule has 0 aliphatic carbocycles. The van der Waals surface area contributed by atoms with Gasteiger partial charge in [0.25, 0.3) is 17.7 Å². The predicted molar refractivity (Wildman–Crippen MR) is 536 cm³/mol. The number of ether oxygens (including phenoxy) is 3. The van der Waals surface area contributed by atoms with Crippen molar-refractivity contribution in [2.75, 3.05) is 81.2 Å². The van der Waals surface area contributed by atoms with Gasteiger partial charge in [-0.3, -0.25) is 33.2 Å². The fourth-order valence-electron chi connectivity index (χ4n) is 13.1. The minimum atomic E-state index is -1.90. The number of nitrogens with two attached hydrogens (primary N) is 4. The zero-order chi connectivity index (χ0) is 97.3. The number of aromatic hydroxyl groups is 1. The minimum absolute atomic E-state index is 0. The van der Waals surface area contributed by atoms with Crippen LogP contribution in [0.3, 0.4) is 0 Å². The molecule has 40 heteroatoms. The van der Waals surface area contributed by atoms with Gasteiger partial charge in [-0.2, -0.15) is 31.1 Å². The first kappa shape index (κ1) is 113. The number of alkyl halides is 1. The van der Waals surface area contributed by atoms with Crippen LogP contribution in [0, 0.1) is 57.7 Å². The number of hydrogen-bond donors (Lipinski definition) is 11. The van der Waals surface area contributed by atoms with Crippen molar-refractivity contribution in [2.45, 2.75) is 209 Å². The molecule has 6 atom stereocenters. The molecule has 13 rings (SSSR count). The third-order valence-corrected chi connectivity index (χ3v) is 33.5. The number of nitrogen functional groups attached to an aromatic ring is 1. The maximum atomic E-state index is 12.2. The van der Waals surface area contributed by atoms with Crippen LogP contribution >= 0.6 is 47.8 Å². The molecule has 132 heavy (non-hydrogen) atoms. The Kier molecular flexibility index (Phi) is 46.5. The number of phenolic OH excluding ortho intramolecular Hbond substituents is 1. The number of phenols is 1. The molecule has 716 valence electrons. The van der Waals surface area contributed by atoms with Crippen molar-refractivity contribution in [2.24, 2.45) is 40.9 Å². The molecule has 3 unspecified atom stereocenters. The number of rotatable bonds is 24. The molecular formula is C92H133B3Br3N15O17Si2. The highest BCUT2D eigenvalue weighted by Crippen LogP contribution is 2.42. The Bertz CT molecular complexity index is 5160. The third-order valence-electron chi connectivity index (χ3n) is 22.6. The lowest BCUT2D eigenvalue weighted by Crippen LogP contribution is -2.41. The second-order valence-electron chi connectivity index (χ2n) is 35.3. The molecule has 15 N–H and O–H groups in total. The average Bonchev–Trinajstić information content (AvgIpc) is 1.58. The van der Waals surface area contributed by atoms with Crippen molar-refractivity contribution < 1.29 is 81.5 Å². The Hall–Kier alpha value is -9.41. The van der Waals surface area contributed by atoms with Crippen LogP contribution in [-0.2, 0) is 23.1 Å². The number of nitrogens with zero attached hydrogens (tertiary/aromatic N) is 9. The molecule has 0 radical (unpaired) electrons. The predicted octanol–water partition coefficient (Wildman–Crippen LogP) is 17.6. The quantitative estimate of drug-likeness (QED) is 0.0152. The molecule has 7 aromatic rings. The summed E-state index contributed by atoms with van der Waals surface area (Å²) in [6.07, 6.45) is 19.4. The number of primary amides is 3. The van der Waals surface area contributed by atoms with E-state index in [9.17, 15) is 44.8 Å². The SMILES string of the molecule is C.CC(C)(C)[Si](C)(C)OCCC1=Cc2cc(Br)ccc2OB1O.CC(C)(C)[Si](C)(C)OCCC1=Cc2cc(Nc3nn(C4COCC[C@@H]4C#N)cc3C(N)=O)ccc2OB1O.CCC.CCCBr.CCCC(C)C.N#C[C@H]1CCOCC1n1cc(C(N)=O)c(N)n1.N#C[C@H]1CCOCC1n1cc(C(N)=O)c(Nc2ccc3c(c2)C=C(CCO)B(O)O3)n1.O=Cc1cc(Br)ccc1O. The first-order valence-corrected chi connectivity index (χ1v) is 52.5. The number of anilines is 5. The molecule has 3 saturated heterocycles. The Morgan fingerprint density at radius 2 is 0.932 bits per heavy atom. The summed E-state index contributed by atoms with van der Waals surface area (Å²) < 4.78 is 52.0. The molecule has 32 nitrogen and oxygen atoms in total. The maximum Gasteiger partial charge on any atom is 0.555 e. The molecule has 0 saturated carbocycles. The molecule has 4 aromatic carbocycles. The molecule has 0 spiro atoms. The van der Waals surface area contributed by atoms with Crippen molar-refractivity contribution in [3.63, 3.8) is 0 Å². The average molecular weight is 2050 g/mol. The Morgan fingerprint density at radius 1 is 0.583 bits per heavy atom. The van der Waals surface area contributed by atoms with E-state index in [0.717, 1.165) is 42.3 Å². The van der Waals surface area contributed by atoms with Gasteiger partial charge in [-0.25, -0.2) is 0 Å². The van der Waals surface area contributed by atoms with Gasteiger partial charge in [0.2, 0.25) is 0 Å². The fourth-order valence-corrected chi connectivity index (χ4v) is 16.0. The van der Waals surface area contributed by atoms with Crippen molar-refractivity contribution in [1.82, 2.24) is 29.3 Å². The summed E-state index contributed by atoms with van der Waals surface area (Å²) in [7, 11) is -6.66. The van der Waals surface area contributed by atoms with Crippen LogP contribution in [-0.4, -0.2) is 181 Å². The number of nitrogens with one attached hydrogen (secondary N) is 2. The fraction of sp³-hybridized carbons (Fsp3) is 0.500. The van der Waals surface area contributed by atoms with Crippen molar-refractivity contribution in [1.29, 1.82) is 15.8 Å². The summed E-state index contributed by atoms with van der Waals surface area (Å²) in [5, 5.41) is 97.5. The zero-order valence-electron chi connectivity index (χ0n) is 78.0. The number of aliphatic hydroxyl groups is 1. The smallest absolute Gasteiger partial charge is 0.532 e. The number of halogens is 3. The van der Waals surface area contributed by atoms with E-state index < -0.39 is 55.7 Å². The van der Waals surface area contributed by atoms with Crippen LogP contribution in [0.1, 0.15) is 231 Å². The van der Waals surface area contributed by atoms with E-state index in [0.29, 0.717) is 142 Å². The summed E-state index contributed by atoms with van der Waals surface area (Å²) in [5.74, 6) is 0.685. The van der Waals surface area contributed by atoms with Crippen LogP contribution in [0.15, 0.2) is 117 Å². The van der Waals surface area contributed by atoms with Gasteiger partial charge in [0.05, 0.1) is 79.5 Å². The number of aromatic nitrogens is 6. The van der Waals surface area contributed by atoms with E-state index >= 15 is 0 Å². The lowest BCUT2D eigenvalue weighted by Gasteiger charge is -2.36. The van der Waals surface area contributed by atoms with Gasteiger partial charge in [0.1, 0.15) is 39.7 Å². The largest absolute Gasteiger partial charge is 0.555 e. The summed E-state index contributed by atoms with van der Waals surface area (Å²) in [6, 6.07) is 27.0. The van der Waals surface area contributed by atoms with Gasteiger partial charge in [-0.15, -0.1) is 0 Å². The lowest BCUT2D eigenvalue weighted by atomic mass is 9.74. The molecule has 3 fully saturated rings. The highest BCUT2D eigenvalue weighted by atomic mass is 79.9. The standard InChI is InChI=1S/C26H36BN5O5Si.C20H22BN5O5.C16H24BBrO3Si.C10H13N5O2.C7H5BrO2.C6H14.C3H7Br.C3H8.CH4/c1-26(2,3)38(4,5)36-11-9-19-12-18-13-20(6-7-23(18)37-27(19)34)30-25-21(24(29)33)15-32(31-25)22-16-35-10-8-17(22)14-28;22-9-12-4-6-30-11-17(12)26-10-16(19(23)28)20(25-26)24-15-1-2-18-13(8-15)7-14(3-5-27)21(29)31-18;1-16(2,3)22(4,5)20-9-8-13-10-12-11-14(18)6-7-15(12)21-17(13)19;11-3-6-1-2-17-5-8(6)15-4-7(10(13)16)9(12)14-15;8-6-1-2-7(10)5(3-6)4-9;1-4-5-6(2)3;1-2-3-4;1-3-2;/h6-7,12-13,15,17,22,34H,8-11,16H2,1-5H3,(H2,29,33)(H,30,31);1-2,7-8,10,12,17,27,29H,3-6,11H2,(H2,23,28)(H,24,25);6-7,10-11,19H,8-9H2,1-5H3;4,6,8H,1-2,5H2,(H2,12,14)(H2,13,16);1-4,10H;6H,4-5H2,1-3H3;2-3H2,1H3;3H2,1-2H3;1H4/t17-,22?;12-,17?;;6-,8?;;;;;/m11.1...../s1. The Balaban J connectivity index is 0.000000294. The van der Waals surface area contributed by atoms with Crippen molar-refractivity contribution >= 4 is 157 Å². The summed E-state index contributed by atoms with van der Waals surface area (Å²) >= 11 is 9.87. The molecule has 3 amide bonds. The number of fused-ring (bicyclic) bond motifs is 3. The van der Waals surface area contributed by atoms with Crippen molar-refractivity contribution in [3.8, 4) is 41.2 Å². The number of carbonyl (C=O) groups is 4. The Labute approximate surface area is 806 Å². The van der Waals surface area contributed by atoms with Crippen LogP contribution in [0.4, 0.5) is 28.8 Å². The first-order chi connectivity index (χ1) is 62.0. The number of hydrogen-bond acceptors (Lipinski definition) is 26. The zero-order valence-corrected chi connectivity index (χ0v) is 84.7. The van der Waals surface area contributed by atoms with Gasteiger partial charge in [-0.1, -0.05) is 176 Å². The van der Waals surface area contributed by atoms with Crippen LogP contribution in [0.25, 0.3) is 18.2 Å². The maximum absolute atomic E-state index is 12.2. The molecule has 3 aromatic heterocycles. The molecule has 6 aliphatic heterocycles. The first-order valence-electron chi connectivity index (χ1n) is 44.0. The van der Waals surface area contributed by atoms with Crippen LogP contribution < -0.4 is 47.5 Å². The third kappa shape index (κ3) is 33.6. The number of nitriles is 3. The number of carbonyl (C=O) groups excluding carboxylic acids is 4. The van der Waals surface area contributed by atoms with Crippen LogP contribution in [0.5, 0.6) is 23.0 Å². The van der Waals surface area contributed by atoms with Gasteiger partial charge >= 0.3 is 21.4 Å². The number of benzene rings is 4. The van der Waals surface area contributed by atoms with Crippen molar-refractivity contribution in [3.05, 3.63) is 156 Å². The van der Waals surface area contributed by atoms with Crippen LogP contribution in [0.2, 0.25) is 36.3 Å². The highest BCUT2D eigenvalue weighted by molar-refractivity contribution is 9.10. The minimum Gasteiger partial charge on any atom is -0.532 e. The number of aldehydes is 1. The summed E-state index contributed by atoms with van der Waals surface area (Å²) in [4.78, 5) is 45.4. The van der Waals surface area contributed by atoms with E-state index in [1.165, 1.54) is 48.8 Å². The van der Waals surface area contributed by atoms with Gasteiger partial charge in [0.15, 0.2) is 40.4 Å². The number of aliphatic hydroxyl groups excluding tert-OH is 1. The lowest BCUT2D eigenvalue weighted by molar-refractivity contribution is 0.0341. The molecule has 9 heterocycles. The van der Waals surface area contributed by atoms with E-state index in [1.54, 1.807) is 64.1 Å². The van der Waals surface area contributed by atoms with E-state index in [4.69, 9.17) is 75.4 Å². The number of amides is 3. The van der Waals surface area contributed by atoms with E-state index in [-0.39, 0.29) is 100 Å². The monoisotopic (exact) mass is 2050 g/mol. The van der Waals surface area contributed by atoms with Gasteiger partial charge in [0, 0.05) is 101 Å². The van der Waals surface area contributed by atoms with Gasteiger partial charge < -0.3 is 95.9 Å². The highest BCUT2D eigenvalue weighted by Gasteiger charge is 2.41. The molecule has 6 aliphatic rings. The molecule has 0 bridgehead atoms. The molecular weight excluding hydrogens is 1920 g/mol. The van der Waals surface area contributed by atoms with Gasteiger partial charge in [-0.05, 0) is 176 Å². The second kappa shape index (κ2) is 54.2. The Morgan fingerprint density at radius 3 is 1.25 bits per heavy atom. The van der Waals surface area contributed by atoms with E-state index in [2.05, 4.69) is 201 Å². The second-order valence-corrected chi connectivity index (χ2v) is 47.6.